The molecular formula is C17H23N3O2. The van der Waals surface area contributed by atoms with Crippen molar-refractivity contribution in [2.24, 2.45) is 5.73 Å². The Kier molecular flexibility index (Phi) is 6.30. The first kappa shape index (κ1) is 16.4. The maximum atomic E-state index is 12.6. The van der Waals surface area contributed by atoms with Gasteiger partial charge >= 0.3 is 0 Å². The third-order valence-corrected chi connectivity index (χ3v) is 3.78. The van der Waals surface area contributed by atoms with E-state index in [-0.39, 0.29) is 17.9 Å². The van der Waals surface area contributed by atoms with Crippen molar-refractivity contribution < 1.29 is 9.53 Å². The van der Waals surface area contributed by atoms with Crippen molar-refractivity contribution in [1.29, 1.82) is 0 Å². The second-order valence-electron chi connectivity index (χ2n) is 5.32. The summed E-state index contributed by atoms with van der Waals surface area (Å²) in [7, 11) is 1.61. The fourth-order valence-corrected chi connectivity index (χ4v) is 2.51. The summed E-state index contributed by atoms with van der Waals surface area (Å²) < 4.78 is 5.04. The summed E-state index contributed by atoms with van der Waals surface area (Å²) in [5, 5.41) is 0. The van der Waals surface area contributed by atoms with Gasteiger partial charge in [0, 0.05) is 19.5 Å². The van der Waals surface area contributed by atoms with E-state index in [0.717, 1.165) is 31.2 Å². The van der Waals surface area contributed by atoms with Gasteiger partial charge in [-0.15, -0.1) is 0 Å². The second-order valence-corrected chi connectivity index (χ2v) is 5.32. The molecule has 0 fully saturated rings. The number of hydrogen-bond acceptors (Lipinski definition) is 4. The summed E-state index contributed by atoms with van der Waals surface area (Å²) in [5.74, 6) is 0.279. The topological polar surface area (TPSA) is 81.0 Å². The summed E-state index contributed by atoms with van der Waals surface area (Å²) in [6.45, 7) is 0. The molecule has 22 heavy (non-hydrogen) atoms. The number of nitrogens with zero attached hydrogens (tertiary/aromatic N) is 1. The van der Waals surface area contributed by atoms with E-state index in [1.54, 1.807) is 19.5 Å². The van der Waals surface area contributed by atoms with E-state index in [9.17, 15) is 4.79 Å². The molecule has 2 atom stereocenters. The molecule has 0 aliphatic heterocycles. The van der Waals surface area contributed by atoms with Crippen molar-refractivity contribution >= 4 is 5.78 Å². The number of unbranched alkanes of at least 4 members (excludes halogenated alkanes) is 1. The minimum absolute atomic E-state index is 0.0345. The summed E-state index contributed by atoms with van der Waals surface area (Å²) in [4.78, 5) is 19.6. The molecule has 2 aromatic rings. The van der Waals surface area contributed by atoms with Crippen LogP contribution in [0.1, 0.15) is 47.8 Å². The van der Waals surface area contributed by atoms with Gasteiger partial charge < -0.3 is 15.5 Å². The number of H-pyrrole nitrogens is 1. The molecule has 5 heteroatoms. The minimum Gasteiger partial charge on any atom is -0.367 e. The van der Waals surface area contributed by atoms with E-state index in [0.29, 0.717) is 5.82 Å². The molecule has 0 saturated heterocycles. The lowest BCUT2D eigenvalue weighted by molar-refractivity contribution is 0.0932. The minimum atomic E-state index is -0.226. The maximum absolute atomic E-state index is 12.6. The van der Waals surface area contributed by atoms with Crippen LogP contribution in [0, 0.1) is 0 Å². The van der Waals surface area contributed by atoms with Crippen molar-refractivity contribution in [3.05, 3.63) is 54.1 Å². The predicted molar refractivity (Wildman–Crippen MR) is 85.6 cm³/mol. The molecule has 0 bridgehead atoms. The van der Waals surface area contributed by atoms with Crippen LogP contribution < -0.4 is 5.73 Å². The molecule has 0 spiro atoms. The number of Topliss-reactive ketones (excluding diaryl/α,β-unsaturated/α-hetero) is 1. The number of aromatic nitrogens is 2. The van der Waals surface area contributed by atoms with Gasteiger partial charge in [-0.05, 0) is 24.8 Å². The summed E-state index contributed by atoms with van der Waals surface area (Å²) in [5.41, 5.74) is 6.76. The average molecular weight is 301 g/mol. The van der Waals surface area contributed by atoms with Crippen LogP contribution in [-0.2, 0) is 4.74 Å². The molecule has 0 aliphatic carbocycles. The van der Waals surface area contributed by atoms with Crippen LogP contribution in [0.5, 0.6) is 0 Å². The molecule has 0 saturated carbocycles. The highest BCUT2D eigenvalue weighted by molar-refractivity contribution is 5.97. The molecule has 1 heterocycles. The highest BCUT2D eigenvalue weighted by Crippen LogP contribution is 2.25. The number of nitrogens with two attached hydrogens (primary N) is 1. The Morgan fingerprint density at radius 2 is 2.00 bits per heavy atom. The van der Waals surface area contributed by atoms with Crippen LogP contribution in [0.25, 0.3) is 0 Å². The average Bonchev–Trinajstić information content (AvgIpc) is 3.09. The van der Waals surface area contributed by atoms with Crippen molar-refractivity contribution in [1.82, 2.24) is 9.97 Å². The van der Waals surface area contributed by atoms with E-state index >= 15 is 0 Å². The van der Waals surface area contributed by atoms with Crippen molar-refractivity contribution in [3.63, 3.8) is 0 Å². The number of aromatic amines is 1. The molecule has 2 unspecified atom stereocenters. The van der Waals surface area contributed by atoms with E-state index in [2.05, 4.69) is 9.97 Å². The first-order valence-corrected chi connectivity index (χ1v) is 7.59. The number of ether oxygens (including phenoxy) is 1. The van der Waals surface area contributed by atoms with E-state index < -0.39 is 0 Å². The van der Waals surface area contributed by atoms with Gasteiger partial charge in [0.2, 0.25) is 5.78 Å². The van der Waals surface area contributed by atoms with Crippen LogP contribution in [0.3, 0.4) is 0 Å². The highest BCUT2D eigenvalue weighted by Gasteiger charge is 2.23. The van der Waals surface area contributed by atoms with Gasteiger partial charge in [-0.1, -0.05) is 36.8 Å². The number of hydrogen-bond donors (Lipinski definition) is 2. The molecule has 0 radical (unpaired) electrons. The zero-order chi connectivity index (χ0) is 15.8. The lowest BCUT2D eigenvalue weighted by Gasteiger charge is -2.16. The Labute approximate surface area is 130 Å². The Morgan fingerprint density at radius 1 is 1.27 bits per heavy atom. The predicted octanol–water partition coefficient (Wildman–Crippen LogP) is 2.87. The summed E-state index contributed by atoms with van der Waals surface area (Å²) >= 11 is 0. The third kappa shape index (κ3) is 4.51. The van der Waals surface area contributed by atoms with E-state index in [4.69, 9.17) is 10.5 Å². The fraction of sp³-hybridized carbons (Fsp3) is 0.412. The molecule has 0 aliphatic rings. The lowest BCUT2D eigenvalue weighted by atomic mass is 9.89. The number of carbonyl (C=O) groups is 1. The molecule has 1 aromatic carbocycles. The normalized spacial score (nSPS) is 13.7. The number of benzene rings is 1. The largest absolute Gasteiger partial charge is 0.367 e. The van der Waals surface area contributed by atoms with Gasteiger partial charge in [0.05, 0.1) is 5.92 Å². The Bertz CT molecular complexity index is 555. The van der Waals surface area contributed by atoms with E-state index in [1.807, 2.05) is 30.3 Å². The number of methoxy groups -OCH3 is 1. The Morgan fingerprint density at radius 3 is 2.64 bits per heavy atom. The molecule has 118 valence electrons. The quantitative estimate of drug-likeness (QED) is 0.424. The number of nitrogens with one attached hydrogen (secondary N) is 1. The second kappa shape index (κ2) is 8.46. The van der Waals surface area contributed by atoms with Gasteiger partial charge in [-0.2, -0.15) is 0 Å². The Hall–Kier alpha value is -1.98. The van der Waals surface area contributed by atoms with Crippen LogP contribution >= 0.6 is 0 Å². The van der Waals surface area contributed by atoms with Crippen LogP contribution in [0.2, 0.25) is 0 Å². The number of ketones is 1. The van der Waals surface area contributed by atoms with E-state index in [1.165, 1.54) is 0 Å². The lowest BCUT2D eigenvalue weighted by Crippen LogP contribution is -2.21. The molecule has 3 N–H and O–H groups in total. The van der Waals surface area contributed by atoms with Gasteiger partial charge in [0.1, 0.15) is 6.23 Å². The fourth-order valence-electron chi connectivity index (χ4n) is 2.51. The number of carbonyl (C=O) groups excluding carboxylic acids is 1. The SMILES string of the molecule is COC(N)CCCCC(C(=O)c1ncc[nH]1)c1ccccc1. The number of rotatable bonds is 9. The van der Waals surface area contributed by atoms with Crippen molar-refractivity contribution in [3.8, 4) is 0 Å². The van der Waals surface area contributed by atoms with Crippen LogP contribution in [0.4, 0.5) is 0 Å². The third-order valence-electron chi connectivity index (χ3n) is 3.78. The molecule has 0 amide bonds. The monoisotopic (exact) mass is 301 g/mol. The summed E-state index contributed by atoms with van der Waals surface area (Å²) in [6.07, 6.45) is 6.48. The van der Waals surface area contributed by atoms with Crippen molar-refractivity contribution in [2.45, 2.75) is 37.8 Å². The molecular weight excluding hydrogens is 278 g/mol. The highest BCUT2D eigenvalue weighted by atomic mass is 16.5. The van der Waals surface area contributed by atoms with Gasteiger partial charge in [0.15, 0.2) is 5.82 Å². The molecule has 2 rings (SSSR count). The van der Waals surface area contributed by atoms with Gasteiger partial charge in [0.25, 0.3) is 0 Å². The zero-order valence-corrected chi connectivity index (χ0v) is 12.9. The van der Waals surface area contributed by atoms with Gasteiger partial charge in [-0.3, -0.25) is 4.79 Å². The first-order chi connectivity index (χ1) is 10.7. The standard InChI is InChI=1S/C17H23N3O2/c1-22-15(18)10-6-5-9-14(13-7-3-2-4-8-13)16(21)17-19-11-12-20-17/h2-4,7-8,11-12,14-15H,5-6,9-10,18H2,1H3,(H,19,20). The zero-order valence-electron chi connectivity index (χ0n) is 12.9. The first-order valence-electron chi connectivity index (χ1n) is 7.59. The summed E-state index contributed by atoms with van der Waals surface area (Å²) in [6, 6.07) is 9.85. The van der Waals surface area contributed by atoms with Gasteiger partial charge in [-0.25, -0.2) is 4.98 Å². The number of imidazole rings is 1. The Balaban J connectivity index is 2.01. The van der Waals surface area contributed by atoms with Crippen LogP contribution in [-0.4, -0.2) is 29.1 Å². The molecule has 5 nitrogen and oxygen atoms in total. The molecule has 1 aromatic heterocycles. The maximum Gasteiger partial charge on any atom is 0.205 e. The van der Waals surface area contributed by atoms with Crippen LogP contribution in [0.15, 0.2) is 42.7 Å². The smallest absolute Gasteiger partial charge is 0.205 e. The van der Waals surface area contributed by atoms with Crippen molar-refractivity contribution in [2.75, 3.05) is 7.11 Å².